The van der Waals surface area contributed by atoms with Crippen molar-refractivity contribution in [1.82, 2.24) is 0 Å². The van der Waals surface area contributed by atoms with Gasteiger partial charge in [0, 0.05) is 23.7 Å². The molecule has 1 saturated carbocycles. The van der Waals surface area contributed by atoms with Crippen LogP contribution in [0.2, 0.25) is 0 Å². The van der Waals surface area contributed by atoms with Gasteiger partial charge in [0.2, 0.25) is 0 Å². The number of allylic oxidation sites excluding steroid dienone is 4. The van der Waals surface area contributed by atoms with E-state index < -0.39 is 0 Å². The first-order valence-electron chi connectivity index (χ1n) is 6.80. The molecule has 17 heavy (non-hydrogen) atoms. The lowest BCUT2D eigenvalue weighted by molar-refractivity contribution is 0.333. The fourth-order valence-corrected chi connectivity index (χ4v) is 2.78. The summed E-state index contributed by atoms with van der Waals surface area (Å²) in [7, 11) is 0. The number of rotatable bonds is 2. The molecule has 2 rings (SSSR count). The van der Waals surface area contributed by atoms with Crippen molar-refractivity contribution in [2.45, 2.75) is 58.4 Å². The van der Waals surface area contributed by atoms with Gasteiger partial charge in [-0.15, -0.1) is 0 Å². The molecule has 2 aliphatic carbocycles. The Morgan fingerprint density at radius 2 is 2.00 bits per heavy atom. The Morgan fingerprint density at radius 1 is 1.29 bits per heavy atom. The number of hydrogen-bond acceptors (Lipinski definition) is 2. The molecule has 94 valence electrons. The van der Waals surface area contributed by atoms with E-state index in [1.165, 1.54) is 37.7 Å². The van der Waals surface area contributed by atoms with Crippen molar-refractivity contribution in [2.75, 3.05) is 0 Å². The normalized spacial score (nSPS) is 27.6. The minimum atomic E-state index is 0.243. The quantitative estimate of drug-likeness (QED) is 0.713. The van der Waals surface area contributed by atoms with Gasteiger partial charge in [0.1, 0.15) is 5.76 Å². The fraction of sp³-hybridized carbons (Fsp3) is 0.667. The lowest BCUT2D eigenvalue weighted by Gasteiger charge is -2.20. The second-order valence-electron chi connectivity index (χ2n) is 5.51. The van der Waals surface area contributed by atoms with Crippen molar-refractivity contribution in [3.8, 4) is 0 Å². The smallest absolute Gasteiger partial charge is 0.104 e. The topological polar surface area (TPSA) is 32.6 Å². The maximum absolute atomic E-state index is 10.0. The number of nitrogens with zero attached hydrogens (tertiary/aromatic N) is 1. The molecule has 0 aromatic carbocycles. The Kier molecular flexibility index (Phi) is 4.03. The van der Waals surface area contributed by atoms with E-state index in [1.807, 2.05) is 6.21 Å². The van der Waals surface area contributed by atoms with Crippen molar-refractivity contribution in [1.29, 1.82) is 0 Å². The first kappa shape index (κ1) is 12.4. The van der Waals surface area contributed by atoms with Crippen molar-refractivity contribution < 1.29 is 5.11 Å². The lowest BCUT2D eigenvalue weighted by Crippen LogP contribution is -2.12. The summed E-state index contributed by atoms with van der Waals surface area (Å²) >= 11 is 0. The highest BCUT2D eigenvalue weighted by Crippen LogP contribution is 2.27. The molecule has 0 saturated heterocycles. The highest BCUT2D eigenvalue weighted by Gasteiger charge is 2.17. The van der Waals surface area contributed by atoms with Crippen LogP contribution in [0, 0.1) is 5.92 Å². The molecule has 0 aliphatic heterocycles. The van der Waals surface area contributed by atoms with Gasteiger partial charge in [-0.05, 0) is 26.2 Å². The second-order valence-corrected chi connectivity index (χ2v) is 5.51. The van der Waals surface area contributed by atoms with E-state index in [4.69, 9.17) is 0 Å². The number of hydrogen-bond donors (Lipinski definition) is 1. The summed E-state index contributed by atoms with van der Waals surface area (Å²) in [5, 5.41) is 10.0. The van der Waals surface area contributed by atoms with Crippen LogP contribution in [0.25, 0.3) is 0 Å². The molecular weight excluding hydrogens is 210 g/mol. The number of aliphatic hydroxyl groups excluding tert-OH is 1. The predicted octanol–water partition coefficient (Wildman–Crippen LogP) is 4.19. The van der Waals surface area contributed by atoms with Gasteiger partial charge in [0.25, 0.3) is 0 Å². The SMILES string of the molecule is CC1=CC(/C=N/C2CCCCC2)=C(O)C(C)C1. The lowest BCUT2D eigenvalue weighted by atomic mass is 9.90. The van der Waals surface area contributed by atoms with Gasteiger partial charge in [0.05, 0.1) is 0 Å². The van der Waals surface area contributed by atoms with Crippen LogP contribution in [0.3, 0.4) is 0 Å². The van der Waals surface area contributed by atoms with E-state index in [0.29, 0.717) is 11.8 Å². The fourth-order valence-electron chi connectivity index (χ4n) is 2.78. The molecular formula is C15H23NO. The Labute approximate surface area is 104 Å². The van der Waals surface area contributed by atoms with Gasteiger partial charge in [-0.25, -0.2) is 0 Å². The number of aliphatic hydroxyl groups is 1. The molecule has 0 bridgehead atoms. The van der Waals surface area contributed by atoms with Crippen molar-refractivity contribution in [3.05, 3.63) is 23.0 Å². The molecule has 0 aromatic heterocycles. The molecule has 2 nitrogen and oxygen atoms in total. The average Bonchev–Trinajstić information content (AvgIpc) is 2.33. The van der Waals surface area contributed by atoms with Crippen LogP contribution in [0.1, 0.15) is 52.4 Å². The van der Waals surface area contributed by atoms with Gasteiger partial charge < -0.3 is 5.11 Å². The molecule has 0 spiro atoms. The van der Waals surface area contributed by atoms with Crippen molar-refractivity contribution >= 4 is 6.21 Å². The summed E-state index contributed by atoms with van der Waals surface area (Å²) in [5.41, 5.74) is 2.26. The summed E-state index contributed by atoms with van der Waals surface area (Å²) < 4.78 is 0. The zero-order valence-electron chi connectivity index (χ0n) is 10.9. The third-order valence-electron chi connectivity index (χ3n) is 3.79. The van der Waals surface area contributed by atoms with Gasteiger partial charge in [0.15, 0.2) is 0 Å². The molecule has 1 fully saturated rings. The third kappa shape index (κ3) is 3.21. The Hall–Kier alpha value is -1.05. The molecule has 2 heteroatoms. The molecule has 0 heterocycles. The summed E-state index contributed by atoms with van der Waals surface area (Å²) in [6, 6.07) is 0.481. The van der Waals surface area contributed by atoms with Crippen molar-refractivity contribution in [2.24, 2.45) is 10.9 Å². The number of aliphatic imine (C=N–C) groups is 1. The highest BCUT2D eigenvalue weighted by atomic mass is 16.3. The van der Waals surface area contributed by atoms with Crippen molar-refractivity contribution in [3.63, 3.8) is 0 Å². The third-order valence-corrected chi connectivity index (χ3v) is 3.79. The van der Waals surface area contributed by atoms with Crippen LogP contribution in [0.5, 0.6) is 0 Å². The molecule has 1 unspecified atom stereocenters. The van der Waals surface area contributed by atoms with Gasteiger partial charge in [-0.3, -0.25) is 4.99 Å². The monoisotopic (exact) mass is 233 g/mol. The summed E-state index contributed by atoms with van der Waals surface area (Å²) in [5.74, 6) is 0.753. The minimum absolute atomic E-state index is 0.243. The van der Waals surface area contributed by atoms with Crippen LogP contribution in [-0.4, -0.2) is 17.4 Å². The Balaban J connectivity index is 2.06. The molecule has 1 atom stereocenters. The van der Waals surface area contributed by atoms with E-state index in [2.05, 4.69) is 24.9 Å². The molecule has 0 aromatic rings. The van der Waals surface area contributed by atoms with E-state index in [9.17, 15) is 5.11 Å². The first-order chi connectivity index (χ1) is 8.16. The molecule has 0 amide bonds. The average molecular weight is 233 g/mol. The maximum Gasteiger partial charge on any atom is 0.104 e. The Bertz CT molecular complexity index is 359. The van der Waals surface area contributed by atoms with Gasteiger partial charge in [-0.1, -0.05) is 37.8 Å². The predicted molar refractivity (Wildman–Crippen MR) is 72.6 cm³/mol. The maximum atomic E-state index is 10.0. The Morgan fingerprint density at radius 3 is 2.71 bits per heavy atom. The molecule has 2 aliphatic rings. The van der Waals surface area contributed by atoms with E-state index >= 15 is 0 Å². The minimum Gasteiger partial charge on any atom is -0.511 e. The zero-order valence-corrected chi connectivity index (χ0v) is 10.9. The van der Waals surface area contributed by atoms with Crippen LogP contribution >= 0.6 is 0 Å². The van der Waals surface area contributed by atoms with Gasteiger partial charge >= 0.3 is 0 Å². The van der Waals surface area contributed by atoms with Crippen LogP contribution in [0.4, 0.5) is 0 Å². The largest absolute Gasteiger partial charge is 0.511 e. The van der Waals surface area contributed by atoms with Crippen LogP contribution < -0.4 is 0 Å². The summed E-state index contributed by atoms with van der Waals surface area (Å²) in [4.78, 5) is 4.64. The second kappa shape index (κ2) is 5.52. The first-order valence-corrected chi connectivity index (χ1v) is 6.80. The molecule has 1 N–H and O–H groups in total. The zero-order chi connectivity index (χ0) is 12.3. The van der Waals surface area contributed by atoms with Crippen LogP contribution in [0.15, 0.2) is 28.0 Å². The van der Waals surface area contributed by atoms with E-state index in [1.54, 1.807) is 0 Å². The van der Waals surface area contributed by atoms with Crippen LogP contribution in [-0.2, 0) is 0 Å². The molecule has 0 radical (unpaired) electrons. The van der Waals surface area contributed by atoms with Gasteiger partial charge in [-0.2, -0.15) is 0 Å². The summed E-state index contributed by atoms with van der Waals surface area (Å²) in [6.45, 7) is 4.19. The standard InChI is InChI=1S/C15H23NO/c1-11-8-12(2)15(17)13(9-11)10-16-14-6-4-3-5-7-14/h9-10,12,14,17H,3-8H2,1-2H3/b16-10+. The van der Waals surface area contributed by atoms with E-state index in [0.717, 1.165) is 12.0 Å². The summed E-state index contributed by atoms with van der Waals surface area (Å²) in [6.07, 6.45) is 11.3. The van der Waals surface area contributed by atoms with E-state index in [-0.39, 0.29) is 5.92 Å². The highest BCUT2D eigenvalue weighted by molar-refractivity contribution is 5.83.